The van der Waals surface area contributed by atoms with Crippen molar-refractivity contribution < 1.29 is 23.7 Å². The van der Waals surface area contributed by atoms with Gasteiger partial charge in [-0.2, -0.15) is 0 Å². The van der Waals surface area contributed by atoms with Gasteiger partial charge in [-0.25, -0.2) is 0 Å². The van der Waals surface area contributed by atoms with E-state index in [9.17, 15) is 0 Å². The molecule has 314 valence electrons. The Morgan fingerprint density at radius 2 is 1.27 bits per heavy atom. The number of halogens is 1. The van der Waals surface area contributed by atoms with Gasteiger partial charge in [-0.1, -0.05) is 90.5 Å². The van der Waals surface area contributed by atoms with Crippen LogP contribution in [0.5, 0.6) is 23.0 Å². The quantitative estimate of drug-likeness (QED) is 0.0956. The second kappa shape index (κ2) is 17.5. The normalized spacial score (nSPS) is 15.7. The topological polar surface area (TPSA) is 49.4 Å². The minimum atomic E-state index is -1.000. The number of aryl methyl sites for hydroxylation is 1. The van der Waals surface area contributed by atoms with Gasteiger partial charge in [0.15, 0.2) is 5.60 Å². The fraction of sp³-hybridized carbons (Fsp3) is 0.236. The van der Waals surface area contributed by atoms with Gasteiger partial charge in [0.1, 0.15) is 23.0 Å². The van der Waals surface area contributed by atoms with Crippen molar-refractivity contribution in [2.24, 2.45) is 0 Å². The predicted octanol–water partition coefficient (Wildman–Crippen LogP) is 13.9. The maximum atomic E-state index is 7.82. The molecule has 0 N–H and O–H groups in total. The van der Waals surface area contributed by atoms with E-state index in [2.05, 4.69) is 138 Å². The summed E-state index contributed by atoms with van der Waals surface area (Å²) >= 11 is 3.90. The van der Waals surface area contributed by atoms with Crippen LogP contribution in [-0.4, -0.2) is 41.6 Å². The average molecular weight is 887 g/mol. The predicted molar refractivity (Wildman–Crippen MR) is 256 cm³/mol. The van der Waals surface area contributed by atoms with Gasteiger partial charge in [0.2, 0.25) is 0 Å². The molecule has 2 aliphatic rings. The zero-order chi connectivity index (χ0) is 42.8. The molecule has 1 heterocycles. The molecule has 1 aliphatic heterocycles. The number of rotatable bonds is 15. The van der Waals surface area contributed by atoms with E-state index in [0.29, 0.717) is 13.2 Å². The number of nitrogens with zero attached hydrogens (tertiary/aromatic N) is 1. The molecule has 1 aliphatic carbocycles. The summed E-state index contributed by atoms with van der Waals surface area (Å²) in [5, 5.41) is 2.11. The number of para-hydroxylation sites is 2. The van der Waals surface area contributed by atoms with Gasteiger partial charge in [-0.3, -0.25) is 0 Å². The van der Waals surface area contributed by atoms with Crippen LogP contribution >= 0.6 is 15.9 Å². The molecule has 0 amide bonds. The van der Waals surface area contributed by atoms with E-state index in [0.717, 1.165) is 92.0 Å². The van der Waals surface area contributed by atoms with Crippen molar-refractivity contribution in [2.45, 2.75) is 43.6 Å². The third-order valence-corrected chi connectivity index (χ3v) is 13.4. The molecule has 7 aromatic carbocycles. The van der Waals surface area contributed by atoms with E-state index in [1.54, 1.807) is 21.3 Å². The molecule has 6 nitrogen and oxygen atoms in total. The Kier molecular flexibility index (Phi) is 11.7. The summed E-state index contributed by atoms with van der Waals surface area (Å²) in [6.45, 7) is 3.55. The summed E-state index contributed by atoms with van der Waals surface area (Å²) in [6.07, 6.45) is 8.26. The van der Waals surface area contributed by atoms with E-state index in [-0.39, 0.29) is 5.41 Å². The highest BCUT2D eigenvalue weighted by molar-refractivity contribution is 9.10. The minimum Gasteiger partial charge on any atom is -0.496 e. The monoisotopic (exact) mass is 885 g/mol. The van der Waals surface area contributed by atoms with Gasteiger partial charge in [0, 0.05) is 73.3 Å². The number of hydrogen-bond acceptors (Lipinski definition) is 6. The zero-order valence-corrected chi connectivity index (χ0v) is 37.6. The summed E-state index contributed by atoms with van der Waals surface area (Å²) in [6, 6.07) is 48.7. The van der Waals surface area contributed by atoms with Crippen LogP contribution < -0.4 is 19.1 Å². The Morgan fingerprint density at radius 1 is 0.661 bits per heavy atom. The Balaban J connectivity index is 1.28. The largest absolute Gasteiger partial charge is 0.496 e. The first-order valence-electron chi connectivity index (χ1n) is 21.4. The van der Waals surface area contributed by atoms with E-state index in [1.807, 2.05) is 48.5 Å². The SMILES string of the molecule is COCCCC1(CCCOC)c2cc(C)ccc2-c2c1c1c(c3cc(OC)c(Br)cc23)OC(c2ccc(Oc3ccccc3)cc2)(c2ccc(N(C)c3ccccc3)cc2)C=C1. The molecule has 0 spiro atoms. The van der Waals surface area contributed by atoms with Gasteiger partial charge in [-0.15, -0.1) is 0 Å². The third kappa shape index (κ3) is 7.36. The van der Waals surface area contributed by atoms with Crippen LogP contribution in [0, 0.1) is 6.92 Å². The molecular weight excluding hydrogens is 835 g/mol. The standard InChI is InChI=1S/C55H52BrNO5/c1-37-18-27-44-48(34-37)54(29-12-32-58-3,30-13-33-59-4)52-45-28-31-55(39-21-25-43(26-22-39)61-42-16-10-7-11-17-42,38-19-23-41(24-20-38)57(2)40-14-8-6-9-15-40)62-53(45)47-36-50(60-5)49(56)35-46(47)51(44)52/h6-11,14-28,31,34-36H,12-13,29-30,32-33H2,1-5H3. The lowest BCUT2D eigenvalue weighted by Crippen LogP contribution is -2.35. The van der Waals surface area contributed by atoms with E-state index in [4.69, 9.17) is 23.7 Å². The molecule has 0 fully saturated rings. The molecule has 0 aromatic heterocycles. The molecule has 7 aromatic rings. The fourth-order valence-corrected chi connectivity index (χ4v) is 10.3. The fourth-order valence-electron chi connectivity index (χ4n) is 9.77. The van der Waals surface area contributed by atoms with Crippen LogP contribution in [-0.2, 0) is 20.5 Å². The summed E-state index contributed by atoms with van der Waals surface area (Å²) in [4.78, 5) is 2.20. The number of methoxy groups -OCH3 is 3. The molecule has 0 saturated heterocycles. The molecule has 62 heavy (non-hydrogen) atoms. The highest BCUT2D eigenvalue weighted by atomic mass is 79.9. The highest BCUT2D eigenvalue weighted by Gasteiger charge is 2.48. The summed E-state index contributed by atoms with van der Waals surface area (Å²) in [5.41, 5.74) is 10.4. The molecule has 7 heteroatoms. The first-order valence-corrected chi connectivity index (χ1v) is 22.2. The molecule has 0 saturated carbocycles. The maximum absolute atomic E-state index is 7.82. The van der Waals surface area contributed by atoms with Crippen LogP contribution in [0.25, 0.3) is 28.0 Å². The Morgan fingerprint density at radius 3 is 1.92 bits per heavy atom. The van der Waals surface area contributed by atoms with Crippen molar-refractivity contribution in [3.05, 3.63) is 183 Å². The highest BCUT2D eigenvalue weighted by Crippen LogP contribution is 2.62. The number of hydrogen-bond donors (Lipinski definition) is 0. The summed E-state index contributed by atoms with van der Waals surface area (Å²) in [5.74, 6) is 3.10. The van der Waals surface area contributed by atoms with Crippen LogP contribution in [0.2, 0.25) is 0 Å². The van der Waals surface area contributed by atoms with Crippen LogP contribution in [0.1, 0.15) is 59.1 Å². The van der Waals surface area contributed by atoms with Crippen molar-refractivity contribution >= 4 is 44.2 Å². The summed E-state index contributed by atoms with van der Waals surface area (Å²) in [7, 11) is 7.41. The molecule has 0 radical (unpaired) electrons. The van der Waals surface area contributed by atoms with Gasteiger partial charge in [-0.05, 0) is 143 Å². The summed E-state index contributed by atoms with van der Waals surface area (Å²) < 4.78 is 32.4. The number of fused-ring (bicyclic) bond motifs is 8. The number of benzene rings is 7. The van der Waals surface area contributed by atoms with Crippen LogP contribution in [0.3, 0.4) is 0 Å². The van der Waals surface area contributed by atoms with Crippen molar-refractivity contribution in [2.75, 3.05) is 46.5 Å². The first kappa shape index (κ1) is 41.5. The lowest BCUT2D eigenvalue weighted by atomic mass is 9.69. The lowest BCUT2D eigenvalue weighted by Gasteiger charge is -2.40. The van der Waals surface area contributed by atoms with E-state index < -0.39 is 5.60 Å². The second-order valence-corrected chi connectivity index (χ2v) is 17.3. The van der Waals surface area contributed by atoms with Gasteiger partial charge in [0.05, 0.1) is 11.6 Å². The number of anilines is 2. The Bertz CT molecular complexity index is 2720. The van der Waals surface area contributed by atoms with E-state index >= 15 is 0 Å². The molecule has 9 rings (SSSR count). The van der Waals surface area contributed by atoms with Crippen molar-refractivity contribution in [3.8, 4) is 34.1 Å². The smallest absolute Gasteiger partial charge is 0.178 e. The van der Waals surface area contributed by atoms with Gasteiger partial charge >= 0.3 is 0 Å². The third-order valence-electron chi connectivity index (χ3n) is 12.7. The molecule has 0 bridgehead atoms. The second-order valence-electron chi connectivity index (χ2n) is 16.4. The zero-order valence-electron chi connectivity index (χ0n) is 36.0. The molecular formula is C55H52BrNO5. The average Bonchev–Trinajstić information content (AvgIpc) is 3.58. The van der Waals surface area contributed by atoms with E-state index in [1.165, 1.54) is 27.8 Å². The lowest BCUT2D eigenvalue weighted by molar-refractivity contribution is 0.162. The Labute approximate surface area is 373 Å². The first-order chi connectivity index (χ1) is 30.3. The number of ether oxygens (including phenoxy) is 5. The van der Waals surface area contributed by atoms with Gasteiger partial charge in [0.25, 0.3) is 0 Å². The molecule has 1 unspecified atom stereocenters. The van der Waals surface area contributed by atoms with Crippen molar-refractivity contribution in [1.82, 2.24) is 0 Å². The van der Waals surface area contributed by atoms with Crippen molar-refractivity contribution in [1.29, 1.82) is 0 Å². The Hall–Kier alpha value is -5.86. The maximum Gasteiger partial charge on any atom is 0.178 e. The van der Waals surface area contributed by atoms with Crippen LogP contribution in [0.4, 0.5) is 11.4 Å². The van der Waals surface area contributed by atoms with Gasteiger partial charge < -0.3 is 28.6 Å². The minimum absolute atomic E-state index is 0.313. The molecule has 1 atom stereocenters. The van der Waals surface area contributed by atoms with Crippen LogP contribution in [0.15, 0.2) is 150 Å². The van der Waals surface area contributed by atoms with Crippen molar-refractivity contribution in [3.63, 3.8) is 0 Å².